The Morgan fingerprint density at radius 1 is 1.30 bits per heavy atom. The molecule has 1 spiro atoms. The van der Waals surface area contributed by atoms with E-state index in [0.29, 0.717) is 0 Å². The van der Waals surface area contributed by atoms with Gasteiger partial charge in [-0.1, -0.05) is 0 Å². The largest absolute Gasteiger partial charge is 0.497 e. The number of thiazole rings is 1. The predicted octanol–water partition coefficient (Wildman–Crippen LogP) is 3.58. The molecular formula is C21H26N4OS. The third kappa shape index (κ3) is 2.87. The van der Waals surface area contributed by atoms with Crippen molar-refractivity contribution in [1.82, 2.24) is 20.2 Å². The maximum atomic E-state index is 5.45. The lowest BCUT2D eigenvalue weighted by Crippen LogP contribution is -2.54. The van der Waals surface area contributed by atoms with Crippen molar-refractivity contribution in [3.8, 4) is 5.75 Å². The lowest BCUT2D eigenvalue weighted by Gasteiger charge is -2.44. The fourth-order valence-electron chi connectivity index (χ4n) is 4.74. The fraction of sp³-hybridized carbons (Fsp3) is 0.476. The number of piperidine rings is 1. The Bertz CT molecular complexity index is 968. The summed E-state index contributed by atoms with van der Waals surface area (Å²) in [5.74, 6) is 0.937. The van der Waals surface area contributed by atoms with Crippen LogP contribution in [0.25, 0.3) is 10.9 Å². The molecule has 5 rings (SSSR count). The number of aryl methyl sites for hydroxylation is 1. The van der Waals surface area contributed by atoms with Gasteiger partial charge < -0.3 is 15.0 Å². The number of likely N-dealkylation sites (tertiary alicyclic amines) is 1. The minimum Gasteiger partial charge on any atom is -0.497 e. The van der Waals surface area contributed by atoms with Crippen LogP contribution in [0.15, 0.2) is 23.7 Å². The molecule has 27 heavy (non-hydrogen) atoms. The molecule has 2 aliphatic rings. The highest BCUT2D eigenvalue weighted by atomic mass is 32.1. The van der Waals surface area contributed by atoms with E-state index in [9.17, 15) is 0 Å². The van der Waals surface area contributed by atoms with Gasteiger partial charge in [-0.3, -0.25) is 4.90 Å². The second kappa shape index (κ2) is 6.62. The van der Waals surface area contributed by atoms with Crippen LogP contribution in [0.1, 0.15) is 34.7 Å². The molecule has 142 valence electrons. The van der Waals surface area contributed by atoms with Crippen molar-refractivity contribution in [2.24, 2.45) is 0 Å². The number of methoxy groups -OCH3 is 1. The molecule has 0 aliphatic carbocycles. The van der Waals surface area contributed by atoms with Gasteiger partial charge in [-0.25, -0.2) is 4.98 Å². The molecule has 0 amide bonds. The number of H-pyrrole nitrogens is 1. The topological polar surface area (TPSA) is 53.2 Å². The third-order valence-corrected chi connectivity index (χ3v) is 7.27. The minimum atomic E-state index is 0.0824. The van der Waals surface area contributed by atoms with Crippen molar-refractivity contribution in [3.63, 3.8) is 0 Å². The van der Waals surface area contributed by atoms with E-state index in [2.05, 4.69) is 39.2 Å². The molecule has 2 aromatic heterocycles. The number of rotatable bonds is 3. The van der Waals surface area contributed by atoms with Crippen LogP contribution in [-0.2, 0) is 18.5 Å². The van der Waals surface area contributed by atoms with Crippen molar-refractivity contribution in [2.75, 3.05) is 26.7 Å². The number of aromatic nitrogens is 2. The van der Waals surface area contributed by atoms with Crippen LogP contribution in [0.4, 0.5) is 0 Å². The summed E-state index contributed by atoms with van der Waals surface area (Å²) in [4.78, 5) is 12.1. The number of nitrogens with zero attached hydrogens (tertiary/aromatic N) is 2. The fourth-order valence-corrected chi connectivity index (χ4v) is 5.56. The van der Waals surface area contributed by atoms with Gasteiger partial charge in [0.15, 0.2) is 0 Å². The summed E-state index contributed by atoms with van der Waals surface area (Å²) in [6.45, 7) is 6.42. The van der Waals surface area contributed by atoms with Gasteiger partial charge in [0.1, 0.15) is 5.75 Å². The van der Waals surface area contributed by atoms with E-state index >= 15 is 0 Å². The van der Waals surface area contributed by atoms with Gasteiger partial charge in [-0.05, 0) is 49.9 Å². The van der Waals surface area contributed by atoms with Gasteiger partial charge in [0, 0.05) is 47.7 Å². The van der Waals surface area contributed by atoms with Crippen LogP contribution in [0.2, 0.25) is 0 Å². The number of hydrogen-bond donors (Lipinski definition) is 2. The summed E-state index contributed by atoms with van der Waals surface area (Å²) in [5, 5.41) is 5.20. The summed E-state index contributed by atoms with van der Waals surface area (Å²) in [6.07, 6.45) is 3.36. The van der Waals surface area contributed by atoms with Gasteiger partial charge in [0.05, 0.1) is 23.9 Å². The first kappa shape index (κ1) is 17.2. The maximum Gasteiger partial charge on any atom is 0.119 e. The molecule has 3 aromatic rings. The zero-order valence-corrected chi connectivity index (χ0v) is 16.8. The monoisotopic (exact) mass is 382 g/mol. The van der Waals surface area contributed by atoms with E-state index in [1.54, 1.807) is 18.4 Å². The minimum absolute atomic E-state index is 0.0824. The summed E-state index contributed by atoms with van der Waals surface area (Å²) in [5.41, 5.74) is 7.35. The van der Waals surface area contributed by atoms with Crippen LogP contribution in [0.3, 0.4) is 0 Å². The zero-order valence-electron chi connectivity index (χ0n) is 16.0. The van der Waals surface area contributed by atoms with E-state index in [0.717, 1.165) is 51.2 Å². The Kier molecular flexibility index (Phi) is 4.22. The Balaban J connectivity index is 1.41. The van der Waals surface area contributed by atoms with Crippen molar-refractivity contribution in [3.05, 3.63) is 45.5 Å². The van der Waals surface area contributed by atoms with Gasteiger partial charge in [0.2, 0.25) is 0 Å². The normalized spacial score (nSPS) is 19.5. The van der Waals surface area contributed by atoms with Crippen molar-refractivity contribution < 1.29 is 4.74 Å². The van der Waals surface area contributed by atoms with Gasteiger partial charge in [-0.15, -0.1) is 11.3 Å². The van der Waals surface area contributed by atoms with Gasteiger partial charge in [-0.2, -0.15) is 0 Å². The van der Waals surface area contributed by atoms with Gasteiger partial charge >= 0.3 is 0 Å². The molecule has 5 nitrogen and oxygen atoms in total. The molecule has 2 N–H and O–H groups in total. The van der Waals surface area contributed by atoms with Crippen LogP contribution < -0.4 is 10.1 Å². The smallest absolute Gasteiger partial charge is 0.119 e. The molecule has 1 fully saturated rings. The van der Waals surface area contributed by atoms with Crippen LogP contribution in [0, 0.1) is 6.92 Å². The average molecular weight is 383 g/mol. The van der Waals surface area contributed by atoms with E-state index < -0.39 is 0 Å². The molecule has 0 radical (unpaired) electrons. The number of fused-ring (bicyclic) bond motifs is 4. The predicted molar refractivity (Wildman–Crippen MR) is 110 cm³/mol. The Morgan fingerprint density at radius 2 is 2.15 bits per heavy atom. The van der Waals surface area contributed by atoms with Crippen LogP contribution in [0.5, 0.6) is 5.75 Å². The second-order valence-corrected chi connectivity index (χ2v) is 8.73. The highest BCUT2D eigenvalue weighted by Crippen LogP contribution is 2.41. The second-order valence-electron chi connectivity index (χ2n) is 7.79. The molecule has 1 aromatic carbocycles. The highest BCUT2D eigenvalue weighted by molar-refractivity contribution is 7.09. The van der Waals surface area contributed by atoms with Crippen LogP contribution >= 0.6 is 11.3 Å². The first-order valence-electron chi connectivity index (χ1n) is 9.74. The number of aromatic amines is 1. The quantitative estimate of drug-likeness (QED) is 0.727. The van der Waals surface area contributed by atoms with E-state index in [-0.39, 0.29) is 5.54 Å². The molecule has 4 heterocycles. The molecule has 0 saturated carbocycles. The Labute approximate surface area is 163 Å². The first-order chi connectivity index (χ1) is 13.2. The first-order valence-corrected chi connectivity index (χ1v) is 10.6. The van der Waals surface area contributed by atoms with Gasteiger partial charge in [0.25, 0.3) is 0 Å². The summed E-state index contributed by atoms with van der Waals surface area (Å²) in [7, 11) is 1.74. The molecule has 0 atom stereocenters. The molecule has 1 saturated heterocycles. The SMILES string of the molecule is COc1ccc2[nH]c3c(c2c1)CCNC31CCN(Cc2scnc2C)CC1. The Hall–Kier alpha value is -1.89. The van der Waals surface area contributed by atoms with Crippen molar-refractivity contribution in [2.45, 2.75) is 38.3 Å². The number of benzene rings is 1. The standard InChI is InChI=1S/C21H26N4OS/c1-14-19(27-13-22-14)12-25-9-6-21(7-10-25)20-16(5-8-23-21)17-11-15(26-2)3-4-18(17)24-20/h3-4,11,13,23-24H,5-10,12H2,1-2H3. The molecule has 6 heteroatoms. The number of hydrogen-bond acceptors (Lipinski definition) is 5. The lowest BCUT2D eigenvalue weighted by molar-refractivity contribution is 0.122. The third-order valence-electron chi connectivity index (χ3n) is 6.35. The van der Waals surface area contributed by atoms with E-state index in [4.69, 9.17) is 4.74 Å². The summed E-state index contributed by atoms with van der Waals surface area (Å²) in [6, 6.07) is 6.39. The van der Waals surface area contributed by atoms with Crippen molar-refractivity contribution >= 4 is 22.2 Å². The lowest BCUT2D eigenvalue weighted by atomic mass is 9.79. The maximum absolute atomic E-state index is 5.45. The van der Waals surface area contributed by atoms with Crippen molar-refractivity contribution in [1.29, 1.82) is 0 Å². The van der Waals surface area contributed by atoms with Crippen LogP contribution in [-0.4, -0.2) is 41.6 Å². The number of ether oxygens (including phenoxy) is 1. The highest BCUT2D eigenvalue weighted by Gasteiger charge is 2.41. The zero-order chi connectivity index (χ0) is 18.4. The van der Waals surface area contributed by atoms with E-state index in [1.165, 1.54) is 32.7 Å². The summed E-state index contributed by atoms with van der Waals surface area (Å²) >= 11 is 1.78. The molecule has 0 bridgehead atoms. The number of nitrogens with one attached hydrogen (secondary N) is 2. The average Bonchev–Trinajstić information content (AvgIpc) is 3.28. The molecular weight excluding hydrogens is 356 g/mol. The molecule has 0 unspecified atom stereocenters. The summed E-state index contributed by atoms with van der Waals surface area (Å²) < 4.78 is 5.45. The van der Waals surface area contributed by atoms with E-state index in [1.807, 2.05) is 11.6 Å². The molecule has 2 aliphatic heterocycles. The Morgan fingerprint density at radius 3 is 2.89 bits per heavy atom.